The molecule has 1 fully saturated rings. The third-order valence-electron chi connectivity index (χ3n) is 6.70. The molecule has 2 N–H and O–H groups in total. The number of benzene rings is 1. The van der Waals surface area contributed by atoms with Gasteiger partial charge in [0.25, 0.3) is 0 Å². The molecule has 1 aliphatic heterocycles. The molecule has 0 spiro atoms. The van der Waals surface area contributed by atoms with Gasteiger partial charge in [-0.1, -0.05) is 6.07 Å². The van der Waals surface area contributed by atoms with E-state index < -0.39 is 6.17 Å². The van der Waals surface area contributed by atoms with Crippen molar-refractivity contribution in [1.82, 2.24) is 25.3 Å². The van der Waals surface area contributed by atoms with E-state index >= 15 is 4.39 Å². The van der Waals surface area contributed by atoms with E-state index in [0.29, 0.717) is 42.4 Å². The highest BCUT2D eigenvalue weighted by atomic mass is 19.1. The number of aromatic nitrogens is 4. The van der Waals surface area contributed by atoms with Crippen molar-refractivity contribution in [2.75, 3.05) is 25.1 Å². The highest BCUT2D eigenvalue weighted by Gasteiger charge is 2.36. The van der Waals surface area contributed by atoms with E-state index in [1.807, 2.05) is 37.3 Å². The lowest BCUT2D eigenvalue weighted by Crippen LogP contribution is -2.48. The van der Waals surface area contributed by atoms with Crippen LogP contribution in [0.1, 0.15) is 25.7 Å². The van der Waals surface area contributed by atoms with Gasteiger partial charge in [0, 0.05) is 36.5 Å². The molecule has 1 aromatic carbocycles. The molecule has 0 unspecified atom stereocenters. The molecule has 3 heterocycles. The Morgan fingerprint density at radius 1 is 1.18 bits per heavy atom. The standard InChI is InChI=1S/C24H29FN6O2/c1-26-17-4-3-5-19(25)21(11-17)31-8-9-33-23-12-20(28-29-24(23)31)18-7-6-15(10-22(18)32)16-13-27-30(2)14-16/h6-7,10,12-14,17,19,21,26,32H,3-5,8-9,11H2,1-2H3/t17-,19+,21-/m1/s1. The second-order valence-corrected chi connectivity index (χ2v) is 8.83. The number of nitrogens with one attached hydrogen (secondary N) is 1. The Hall–Kier alpha value is -3.20. The summed E-state index contributed by atoms with van der Waals surface area (Å²) in [5, 5.41) is 27.0. The van der Waals surface area contributed by atoms with Crippen LogP contribution in [0.25, 0.3) is 22.4 Å². The fourth-order valence-electron chi connectivity index (χ4n) is 4.88. The Balaban J connectivity index is 1.44. The minimum absolute atomic E-state index is 0.0997. The largest absolute Gasteiger partial charge is 0.507 e. The van der Waals surface area contributed by atoms with Crippen molar-refractivity contribution in [3.05, 3.63) is 36.7 Å². The highest BCUT2D eigenvalue weighted by molar-refractivity contribution is 5.75. The van der Waals surface area contributed by atoms with Gasteiger partial charge in [-0.3, -0.25) is 4.68 Å². The number of phenols is 1. The summed E-state index contributed by atoms with van der Waals surface area (Å²) in [6, 6.07) is 7.22. The van der Waals surface area contributed by atoms with Crippen LogP contribution >= 0.6 is 0 Å². The van der Waals surface area contributed by atoms with Gasteiger partial charge in [-0.25, -0.2) is 4.39 Å². The Kier molecular flexibility index (Phi) is 5.88. The van der Waals surface area contributed by atoms with Crippen molar-refractivity contribution in [2.24, 2.45) is 7.05 Å². The second-order valence-electron chi connectivity index (χ2n) is 8.83. The van der Waals surface area contributed by atoms with Crippen molar-refractivity contribution in [2.45, 2.75) is 43.9 Å². The molecule has 5 rings (SSSR count). The molecule has 0 radical (unpaired) electrons. The third kappa shape index (κ3) is 4.25. The first-order valence-corrected chi connectivity index (χ1v) is 11.4. The molecule has 3 aromatic rings. The molecule has 33 heavy (non-hydrogen) atoms. The monoisotopic (exact) mass is 452 g/mol. The van der Waals surface area contributed by atoms with Gasteiger partial charge in [0.05, 0.1) is 18.8 Å². The zero-order valence-corrected chi connectivity index (χ0v) is 18.9. The summed E-state index contributed by atoms with van der Waals surface area (Å²) < 4.78 is 22.7. The van der Waals surface area contributed by atoms with Gasteiger partial charge in [-0.05, 0) is 50.4 Å². The van der Waals surface area contributed by atoms with Crippen LogP contribution in [0, 0.1) is 0 Å². The SMILES string of the molecule is CN[C@@H]1CCC[C@H](F)[C@H](N2CCOc3cc(-c4ccc(-c5cnn(C)c5)cc4O)nnc32)C1. The van der Waals surface area contributed by atoms with Crippen molar-refractivity contribution in [1.29, 1.82) is 0 Å². The van der Waals surface area contributed by atoms with Crippen LogP contribution in [0.2, 0.25) is 0 Å². The summed E-state index contributed by atoms with van der Waals surface area (Å²) in [6.07, 6.45) is 5.84. The van der Waals surface area contributed by atoms with E-state index in [4.69, 9.17) is 4.74 Å². The van der Waals surface area contributed by atoms with Gasteiger partial charge in [0.2, 0.25) is 0 Å². The maximum Gasteiger partial charge on any atom is 0.194 e. The number of hydrogen-bond donors (Lipinski definition) is 2. The number of aryl methyl sites for hydroxylation is 1. The average molecular weight is 453 g/mol. The summed E-state index contributed by atoms with van der Waals surface area (Å²) in [5.41, 5.74) is 2.85. The van der Waals surface area contributed by atoms with Gasteiger partial charge in [0.15, 0.2) is 11.6 Å². The molecule has 1 saturated carbocycles. The van der Waals surface area contributed by atoms with E-state index in [2.05, 4.69) is 20.6 Å². The molecule has 1 aliphatic carbocycles. The van der Waals surface area contributed by atoms with Crippen molar-refractivity contribution >= 4 is 5.82 Å². The van der Waals surface area contributed by atoms with Crippen molar-refractivity contribution in [3.8, 4) is 33.9 Å². The molecule has 174 valence electrons. The van der Waals surface area contributed by atoms with E-state index in [1.165, 1.54) is 0 Å². The lowest BCUT2D eigenvalue weighted by molar-refractivity contribution is 0.229. The lowest BCUT2D eigenvalue weighted by Gasteiger charge is -2.38. The number of nitrogens with zero attached hydrogens (tertiary/aromatic N) is 5. The van der Waals surface area contributed by atoms with Crippen LogP contribution in [-0.4, -0.2) is 63.5 Å². The van der Waals surface area contributed by atoms with E-state index in [-0.39, 0.29) is 17.8 Å². The topological polar surface area (TPSA) is 88.3 Å². The Morgan fingerprint density at radius 2 is 2.06 bits per heavy atom. The molecule has 0 amide bonds. The molecule has 3 atom stereocenters. The molecule has 0 saturated heterocycles. The van der Waals surface area contributed by atoms with Crippen LogP contribution < -0.4 is 15.0 Å². The molecule has 0 bridgehead atoms. The molecule has 2 aliphatic rings. The quantitative estimate of drug-likeness (QED) is 0.587. The normalized spacial score (nSPS) is 23.0. The number of anilines is 1. The first-order chi connectivity index (χ1) is 16.0. The van der Waals surface area contributed by atoms with Crippen molar-refractivity contribution in [3.63, 3.8) is 0 Å². The Morgan fingerprint density at radius 3 is 2.82 bits per heavy atom. The van der Waals surface area contributed by atoms with E-state index in [9.17, 15) is 5.11 Å². The van der Waals surface area contributed by atoms with Gasteiger partial charge in [-0.15, -0.1) is 10.2 Å². The maximum atomic E-state index is 15.1. The third-order valence-corrected chi connectivity index (χ3v) is 6.70. The van der Waals surface area contributed by atoms with Gasteiger partial charge in [0.1, 0.15) is 24.2 Å². The zero-order valence-electron chi connectivity index (χ0n) is 18.9. The number of halogens is 1. The predicted octanol–water partition coefficient (Wildman–Crippen LogP) is 3.32. The molecular weight excluding hydrogens is 423 g/mol. The number of hydrogen-bond acceptors (Lipinski definition) is 7. The fourth-order valence-corrected chi connectivity index (χ4v) is 4.88. The molecule has 2 aromatic heterocycles. The average Bonchev–Trinajstić information content (AvgIpc) is 3.17. The number of fused-ring (bicyclic) bond motifs is 1. The van der Waals surface area contributed by atoms with Crippen LogP contribution in [0.4, 0.5) is 10.2 Å². The summed E-state index contributed by atoms with van der Waals surface area (Å²) in [7, 11) is 3.79. The van der Waals surface area contributed by atoms with Gasteiger partial charge in [-0.2, -0.15) is 5.10 Å². The Bertz CT molecular complexity index is 1140. The molecular formula is C24H29FN6O2. The van der Waals surface area contributed by atoms with Crippen LogP contribution in [0.15, 0.2) is 36.7 Å². The maximum absolute atomic E-state index is 15.1. The lowest BCUT2D eigenvalue weighted by atomic mass is 10.0. The van der Waals surface area contributed by atoms with Crippen LogP contribution in [0.5, 0.6) is 11.5 Å². The number of rotatable bonds is 4. The van der Waals surface area contributed by atoms with Crippen molar-refractivity contribution < 1.29 is 14.2 Å². The predicted molar refractivity (Wildman–Crippen MR) is 124 cm³/mol. The summed E-state index contributed by atoms with van der Waals surface area (Å²) in [5.74, 6) is 1.24. The van der Waals surface area contributed by atoms with E-state index in [1.54, 1.807) is 23.0 Å². The summed E-state index contributed by atoms with van der Waals surface area (Å²) in [6.45, 7) is 1.03. The molecule has 9 heteroatoms. The summed E-state index contributed by atoms with van der Waals surface area (Å²) >= 11 is 0. The number of alkyl halides is 1. The number of ether oxygens (including phenoxy) is 1. The fraction of sp³-hybridized carbons (Fsp3) is 0.458. The second kappa shape index (κ2) is 8.97. The van der Waals surface area contributed by atoms with Gasteiger partial charge < -0.3 is 20.1 Å². The van der Waals surface area contributed by atoms with E-state index in [0.717, 1.165) is 30.4 Å². The number of phenolic OH excluding ortho intramolecular Hbond substituents is 1. The van der Waals surface area contributed by atoms with Gasteiger partial charge >= 0.3 is 0 Å². The van der Waals surface area contributed by atoms with Crippen LogP contribution in [-0.2, 0) is 7.05 Å². The minimum Gasteiger partial charge on any atom is -0.507 e. The first kappa shape index (κ1) is 21.6. The number of aromatic hydroxyl groups is 1. The minimum atomic E-state index is -0.917. The smallest absolute Gasteiger partial charge is 0.194 e. The highest BCUT2D eigenvalue weighted by Crippen LogP contribution is 2.39. The van der Waals surface area contributed by atoms with Crippen LogP contribution in [0.3, 0.4) is 0 Å². The summed E-state index contributed by atoms with van der Waals surface area (Å²) in [4.78, 5) is 2.02. The molecule has 8 nitrogen and oxygen atoms in total. The Labute approximate surface area is 192 Å². The first-order valence-electron chi connectivity index (χ1n) is 11.4. The zero-order chi connectivity index (χ0) is 22.9.